The molecule has 0 amide bonds. The van der Waals surface area contributed by atoms with Crippen LogP contribution in [-0.4, -0.2) is 22.0 Å². The van der Waals surface area contributed by atoms with E-state index in [0.29, 0.717) is 0 Å². The lowest BCUT2D eigenvalue weighted by atomic mass is 10.1. The summed E-state index contributed by atoms with van der Waals surface area (Å²) in [6, 6.07) is 0. The highest BCUT2D eigenvalue weighted by atomic mass is 31.0. The van der Waals surface area contributed by atoms with E-state index in [1.165, 1.54) is 6.42 Å². The summed E-state index contributed by atoms with van der Waals surface area (Å²) >= 11 is 0. The van der Waals surface area contributed by atoms with E-state index in [9.17, 15) is 0 Å². The molecule has 2 aromatic heterocycles. The first-order valence-corrected chi connectivity index (χ1v) is 10.3. The number of fused-ring (bicyclic) bond motifs is 1. The van der Waals surface area contributed by atoms with Crippen LogP contribution in [-0.2, 0) is 0 Å². The molecule has 4 nitrogen and oxygen atoms in total. The fraction of sp³-hybridized carbons (Fsp3) is 0.478. The number of aromatic nitrogens is 3. The van der Waals surface area contributed by atoms with E-state index >= 15 is 0 Å². The molecule has 1 aliphatic rings. The molecule has 1 unspecified atom stereocenters. The molecule has 0 aliphatic heterocycles. The Kier molecular flexibility index (Phi) is 17.4. The molecule has 2 aromatic rings. The number of nitrogens with one attached hydrogen (secondary N) is 2. The van der Waals surface area contributed by atoms with Gasteiger partial charge in [-0.05, 0) is 25.3 Å². The van der Waals surface area contributed by atoms with E-state index in [0.717, 1.165) is 46.7 Å². The molecule has 5 heteroatoms. The van der Waals surface area contributed by atoms with Crippen LogP contribution in [0.5, 0.6) is 0 Å². The van der Waals surface area contributed by atoms with Crippen molar-refractivity contribution in [1.82, 2.24) is 15.0 Å². The van der Waals surface area contributed by atoms with Gasteiger partial charge in [0.15, 0.2) is 5.65 Å². The number of rotatable bonds is 2. The van der Waals surface area contributed by atoms with Crippen molar-refractivity contribution in [2.24, 2.45) is 0 Å². The number of H-pyrrole nitrogens is 1. The van der Waals surface area contributed by atoms with Gasteiger partial charge in [-0.2, -0.15) is 9.90 Å². The Bertz CT molecular complexity index is 749. The summed E-state index contributed by atoms with van der Waals surface area (Å²) in [4.78, 5) is 12.4. The van der Waals surface area contributed by atoms with Gasteiger partial charge >= 0.3 is 0 Å². The standard InChI is InChI=1S/C16H18N4.C3H8.2C2H6.H3P.H2/c1-11-10-18-16-14(13(11)17-2)19-15(20-16)12-8-6-4-3-5-7-9-12;1-3-2;2*1-2;;/h3-4,7-10H,5-6H2,1-2H3,(H2,17,18,19,20);3H2,1-2H3;2*1-2H3;1H3;1H/b4-3-,9-7-,12-8+;;;;;. The highest BCUT2D eigenvalue weighted by molar-refractivity contribution is 6.92. The second-order valence-electron chi connectivity index (χ2n) is 5.56. The molecular weight excluding hydrogens is 363 g/mol. The SMILES string of the molecule is CC.CC.CCC.CNc1c(C)cnc2nc(C3=C/C/C=C\C/C=C\3)[nH]c12.P.[HH]. The molecule has 2 heterocycles. The summed E-state index contributed by atoms with van der Waals surface area (Å²) in [6.45, 7) is 14.3. The molecule has 3 rings (SSSR count). The molecule has 0 radical (unpaired) electrons. The minimum absolute atomic E-state index is 0. The maximum Gasteiger partial charge on any atom is 0.180 e. The minimum atomic E-state index is 0. The number of allylic oxidation sites excluding steroid dienone is 6. The Morgan fingerprint density at radius 1 is 1.07 bits per heavy atom. The van der Waals surface area contributed by atoms with Crippen LogP contribution < -0.4 is 5.32 Å². The molecule has 2 N–H and O–H groups in total. The minimum Gasteiger partial charge on any atom is -0.386 e. The molecule has 0 saturated carbocycles. The van der Waals surface area contributed by atoms with E-state index in [-0.39, 0.29) is 11.3 Å². The Hall–Kier alpha value is -1.93. The number of hydrogen-bond donors (Lipinski definition) is 2. The van der Waals surface area contributed by atoms with E-state index in [2.05, 4.69) is 64.5 Å². The summed E-state index contributed by atoms with van der Waals surface area (Å²) in [7, 11) is 1.92. The summed E-state index contributed by atoms with van der Waals surface area (Å²) in [5.74, 6) is 0.876. The number of hydrogen-bond acceptors (Lipinski definition) is 3. The van der Waals surface area contributed by atoms with Crippen LogP contribution in [0.2, 0.25) is 0 Å². The zero-order valence-corrected chi connectivity index (χ0v) is 20.6. The maximum absolute atomic E-state index is 4.61. The molecule has 1 aliphatic carbocycles. The van der Waals surface area contributed by atoms with Crippen molar-refractivity contribution in [3.8, 4) is 0 Å². The zero-order chi connectivity index (χ0) is 20.7. The summed E-state index contributed by atoms with van der Waals surface area (Å²) in [5, 5.41) is 3.22. The van der Waals surface area contributed by atoms with Gasteiger partial charge in [0.2, 0.25) is 0 Å². The first-order valence-electron chi connectivity index (χ1n) is 10.3. The fourth-order valence-corrected chi connectivity index (χ4v) is 2.42. The molecule has 0 bridgehead atoms. The van der Waals surface area contributed by atoms with Gasteiger partial charge in [-0.25, -0.2) is 9.97 Å². The van der Waals surface area contributed by atoms with Gasteiger partial charge in [0.25, 0.3) is 0 Å². The highest BCUT2D eigenvalue weighted by Crippen LogP contribution is 2.26. The van der Waals surface area contributed by atoms with Crippen molar-refractivity contribution in [3.05, 3.63) is 48.0 Å². The van der Waals surface area contributed by atoms with E-state index in [1.807, 2.05) is 47.9 Å². The third-order valence-corrected chi connectivity index (χ3v) is 3.44. The van der Waals surface area contributed by atoms with Gasteiger partial charge in [-0.1, -0.05) is 78.3 Å². The van der Waals surface area contributed by atoms with Gasteiger partial charge in [0.05, 0.1) is 5.69 Å². The summed E-state index contributed by atoms with van der Waals surface area (Å²) in [5.41, 5.74) is 5.01. The quantitative estimate of drug-likeness (QED) is 0.404. The number of anilines is 1. The van der Waals surface area contributed by atoms with Crippen molar-refractivity contribution < 1.29 is 1.43 Å². The predicted octanol–water partition coefficient (Wildman–Crippen LogP) is 7.37. The van der Waals surface area contributed by atoms with Crippen LogP contribution in [0.1, 0.15) is 73.6 Å². The summed E-state index contributed by atoms with van der Waals surface area (Å²) < 4.78 is 0. The number of aryl methyl sites for hydroxylation is 1. The second kappa shape index (κ2) is 17.2. The average Bonchev–Trinajstić information content (AvgIpc) is 3.09. The van der Waals surface area contributed by atoms with Gasteiger partial charge in [-0.15, -0.1) is 0 Å². The Labute approximate surface area is 177 Å². The highest BCUT2D eigenvalue weighted by Gasteiger charge is 2.11. The van der Waals surface area contributed by atoms with Crippen LogP contribution in [0.4, 0.5) is 5.69 Å². The van der Waals surface area contributed by atoms with Crippen molar-refractivity contribution >= 4 is 32.3 Å². The normalized spacial score (nSPS) is 15.9. The van der Waals surface area contributed by atoms with E-state index in [1.54, 1.807) is 0 Å². The molecule has 0 saturated heterocycles. The van der Waals surface area contributed by atoms with Crippen LogP contribution in [0.3, 0.4) is 0 Å². The third-order valence-electron chi connectivity index (χ3n) is 3.44. The molecule has 160 valence electrons. The first kappa shape index (κ1) is 28.3. The van der Waals surface area contributed by atoms with Crippen molar-refractivity contribution in [2.75, 3.05) is 12.4 Å². The monoisotopic (exact) mass is 406 g/mol. The number of pyridine rings is 1. The lowest BCUT2D eigenvalue weighted by molar-refractivity contribution is 1.09. The van der Waals surface area contributed by atoms with Crippen LogP contribution in [0.15, 0.2) is 36.6 Å². The molecule has 1 atom stereocenters. The molecular formula is C23H43N4P. The van der Waals surface area contributed by atoms with Crippen LogP contribution in [0, 0.1) is 6.92 Å². The Morgan fingerprint density at radius 2 is 1.68 bits per heavy atom. The van der Waals surface area contributed by atoms with Crippen LogP contribution >= 0.6 is 9.90 Å². The molecule has 0 aromatic carbocycles. The smallest absolute Gasteiger partial charge is 0.180 e. The largest absolute Gasteiger partial charge is 0.386 e. The fourth-order valence-electron chi connectivity index (χ4n) is 2.42. The van der Waals surface area contributed by atoms with Crippen LogP contribution in [0.25, 0.3) is 16.7 Å². The molecule has 28 heavy (non-hydrogen) atoms. The van der Waals surface area contributed by atoms with E-state index in [4.69, 9.17) is 0 Å². The lowest BCUT2D eigenvalue weighted by Gasteiger charge is -2.04. The van der Waals surface area contributed by atoms with E-state index < -0.39 is 0 Å². The number of nitrogens with zero attached hydrogens (tertiary/aromatic N) is 2. The molecule has 0 spiro atoms. The summed E-state index contributed by atoms with van der Waals surface area (Å²) in [6.07, 6.45) is 15.8. The van der Waals surface area contributed by atoms with Gasteiger partial charge in [0, 0.05) is 20.2 Å². The van der Waals surface area contributed by atoms with Crippen molar-refractivity contribution in [3.63, 3.8) is 0 Å². The lowest BCUT2D eigenvalue weighted by Crippen LogP contribution is -1.94. The zero-order valence-electron chi connectivity index (χ0n) is 19.2. The molecule has 0 fully saturated rings. The second-order valence-corrected chi connectivity index (χ2v) is 5.56. The van der Waals surface area contributed by atoms with Crippen molar-refractivity contribution in [1.29, 1.82) is 0 Å². The third kappa shape index (κ3) is 8.39. The number of imidazole rings is 1. The Morgan fingerprint density at radius 3 is 2.29 bits per heavy atom. The predicted molar refractivity (Wildman–Crippen MR) is 136 cm³/mol. The average molecular weight is 407 g/mol. The topological polar surface area (TPSA) is 53.6 Å². The Balaban J connectivity index is -0.000000675. The number of aromatic amines is 1. The maximum atomic E-state index is 4.61. The van der Waals surface area contributed by atoms with Gasteiger partial charge in [-0.3, -0.25) is 0 Å². The first-order chi connectivity index (χ1) is 13.2. The van der Waals surface area contributed by atoms with Gasteiger partial charge in [0.1, 0.15) is 11.3 Å². The van der Waals surface area contributed by atoms with Gasteiger partial charge < -0.3 is 10.3 Å². The van der Waals surface area contributed by atoms with Crippen molar-refractivity contribution in [2.45, 2.75) is 67.7 Å².